The van der Waals surface area contributed by atoms with E-state index in [0.29, 0.717) is 22.7 Å². The lowest BCUT2D eigenvalue weighted by Crippen LogP contribution is -2.30. The van der Waals surface area contributed by atoms with Crippen molar-refractivity contribution >= 4 is 35.3 Å². The molecule has 0 aliphatic carbocycles. The first-order chi connectivity index (χ1) is 16.5. The van der Waals surface area contributed by atoms with E-state index in [1.165, 1.54) is 13.2 Å². The van der Waals surface area contributed by atoms with Crippen LogP contribution in [0.4, 0.5) is 16.2 Å². The van der Waals surface area contributed by atoms with Crippen LogP contribution in [0.25, 0.3) is 6.08 Å². The summed E-state index contributed by atoms with van der Waals surface area (Å²) in [5.74, 6) is -0.193. The van der Waals surface area contributed by atoms with Gasteiger partial charge >= 0.3 is 6.03 Å². The summed E-state index contributed by atoms with van der Waals surface area (Å²) in [7, 11) is 1.48. The molecule has 0 aromatic heterocycles. The predicted molar refractivity (Wildman–Crippen MR) is 129 cm³/mol. The number of rotatable bonds is 7. The lowest BCUT2D eigenvalue weighted by Gasteiger charge is -2.14. The van der Waals surface area contributed by atoms with Gasteiger partial charge in [-0.2, -0.15) is 0 Å². The first-order valence-corrected chi connectivity index (χ1v) is 10.5. The summed E-state index contributed by atoms with van der Waals surface area (Å²) < 4.78 is 11.2. The SMILES string of the molecule is COc1cccc(C=C2NC(=O)N(c3ccccc3)C2=O)c1OCC(=O)Nc1ccc(C)cc1. The van der Waals surface area contributed by atoms with E-state index in [1.54, 1.807) is 60.7 Å². The van der Waals surface area contributed by atoms with Crippen LogP contribution < -0.4 is 25.0 Å². The third-order valence-corrected chi connectivity index (χ3v) is 5.10. The molecule has 4 rings (SSSR count). The molecule has 1 aliphatic rings. The van der Waals surface area contributed by atoms with Crippen molar-refractivity contribution < 1.29 is 23.9 Å². The topological polar surface area (TPSA) is 97.0 Å². The molecule has 4 amide bonds. The summed E-state index contributed by atoms with van der Waals surface area (Å²) in [5, 5.41) is 5.36. The van der Waals surface area contributed by atoms with Gasteiger partial charge in [0.05, 0.1) is 12.8 Å². The molecule has 8 heteroatoms. The summed E-state index contributed by atoms with van der Waals surface area (Å²) in [6.45, 7) is 1.68. The molecule has 34 heavy (non-hydrogen) atoms. The molecule has 0 bridgehead atoms. The Kier molecular flexibility index (Phi) is 6.59. The molecule has 0 saturated carbocycles. The van der Waals surface area contributed by atoms with Crippen LogP contribution in [0.2, 0.25) is 0 Å². The number of hydrogen-bond donors (Lipinski definition) is 2. The number of hydrogen-bond acceptors (Lipinski definition) is 5. The fourth-order valence-electron chi connectivity index (χ4n) is 3.44. The zero-order valence-corrected chi connectivity index (χ0v) is 18.7. The minimum atomic E-state index is -0.551. The molecule has 8 nitrogen and oxygen atoms in total. The Balaban J connectivity index is 1.54. The predicted octanol–water partition coefficient (Wildman–Crippen LogP) is 4.12. The molecule has 1 saturated heterocycles. The van der Waals surface area contributed by atoms with Crippen molar-refractivity contribution in [1.82, 2.24) is 5.32 Å². The van der Waals surface area contributed by atoms with Crippen LogP contribution in [-0.2, 0) is 9.59 Å². The monoisotopic (exact) mass is 457 g/mol. The lowest BCUT2D eigenvalue weighted by atomic mass is 10.1. The smallest absolute Gasteiger partial charge is 0.333 e. The number of ether oxygens (including phenoxy) is 2. The summed E-state index contributed by atoms with van der Waals surface area (Å²) >= 11 is 0. The highest BCUT2D eigenvalue weighted by Gasteiger charge is 2.35. The third kappa shape index (κ3) is 4.91. The molecule has 0 spiro atoms. The van der Waals surface area contributed by atoms with E-state index in [1.807, 2.05) is 19.1 Å². The van der Waals surface area contributed by atoms with Crippen LogP contribution in [0, 0.1) is 6.92 Å². The van der Waals surface area contributed by atoms with Gasteiger partial charge in [-0.05, 0) is 43.3 Å². The van der Waals surface area contributed by atoms with Crippen LogP contribution in [0.15, 0.2) is 78.5 Å². The lowest BCUT2D eigenvalue weighted by molar-refractivity contribution is -0.118. The Morgan fingerprint density at radius 2 is 1.74 bits per heavy atom. The second kappa shape index (κ2) is 9.91. The Labute approximate surface area is 196 Å². The Morgan fingerprint density at radius 3 is 2.44 bits per heavy atom. The standard InChI is InChI=1S/C26H23N3O5/c1-17-11-13-19(14-12-17)27-23(30)16-34-24-18(7-6-10-22(24)33-2)15-21-25(31)29(26(32)28-21)20-8-4-3-5-9-20/h3-15H,16H2,1-2H3,(H,27,30)(H,28,32). The van der Waals surface area contributed by atoms with E-state index in [-0.39, 0.29) is 24.0 Å². The Morgan fingerprint density at radius 1 is 1.00 bits per heavy atom. The Bertz CT molecular complexity index is 1250. The number of imide groups is 1. The summed E-state index contributed by atoms with van der Waals surface area (Å²) in [4.78, 5) is 38.8. The van der Waals surface area contributed by atoms with Crippen molar-refractivity contribution in [2.45, 2.75) is 6.92 Å². The minimum absolute atomic E-state index is 0.0797. The molecule has 172 valence electrons. The van der Waals surface area contributed by atoms with Crippen molar-refractivity contribution in [3.05, 3.63) is 89.6 Å². The number of amides is 4. The van der Waals surface area contributed by atoms with Crippen LogP contribution in [-0.4, -0.2) is 31.6 Å². The van der Waals surface area contributed by atoms with E-state index in [0.717, 1.165) is 10.5 Å². The van der Waals surface area contributed by atoms with Gasteiger partial charge in [0.2, 0.25) is 0 Å². The maximum atomic E-state index is 12.9. The summed E-state index contributed by atoms with van der Waals surface area (Å²) in [5.41, 5.74) is 2.75. The fourth-order valence-corrected chi connectivity index (χ4v) is 3.44. The van der Waals surface area contributed by atoms with Crippen LogP contribution in [0.3, 0.4) is 0 Å². The maximum absolute atomic E-state index is 12.9. The van der Waals surface area contributed by atoms with Gasteiger partial charge in [-0.25, -0.2) is 9.69 Å². The largest absolute Gasteiger partial charge is 0.493 e. The van der Waals surface area contributed by atoms with Crippen LogP contribution in [0.5, 0.6) is 11.5 Å². The molecule has 0 unspecified atom stereocenters. The number of nitrogens with one attached hydrogen (secondary N) is 2. The number of methoxy groups -OCH3 is 1. The normalized spacial score (nSPS) is 14.2. The number of carbonyl (C=O) groups excluding carboxylic acids is 3. The van der Waals surface area contributed by atoms with E-state index < -0.39 is 11.9 Å². The van der Waals surface area contributed by atoms with Gasteiger partial charge < -0.3 is 20.1 Å². The van der Waals surface area contributed by atoms with E-state index >= 15 is 0 Å². The minimum Gasteiger partial charge on any atom is -0.493 e. The van der Waals surface area contributed by atoms with Crippen LogP contribution in [0.1, 0.15) is 11.1 Å². The fraction of sp³-hybridized carbons (Fsp3) is 0.115. The van der Waals surface area contributed by atoms with Crippen molar-refractivity contribution in [3.63, 3.8) is 0 Å². The molecule has 1 aliphatic heterocycles. The highest BCUT2D eigenvalue weighted by atomic mass is 16.5. The van der Waals surface area contributed by atoms with Crippen molar-refractivity contribution in [2.24, 2.45) is 0 Å². The molecule has 3 aromatic carbocycles. The molecule has 0 atom stereocenters. The number of benzene rings is 3. The quantitative estimate of drug-likeness (QED) is 0.411. The average molecular weight is 457 g/mol. The maximum Gasteiger partial charge on any atom is 0.333 e. The summed E-state index contributed by atoms with van der Waals surface area (Å²) in [6, 6.07) is 20.6. The zero-order valence-electron chi connectivity index (χ0n) is 18.7. The number of carbonyl (C=O) groups is 3. The van der Waals surface area contributed by atoms with E-state index in [4.69, 9.17) is 9.47 Å². The van der Waals surface area contributed by atoms with Crippen LogP contribution >= 0.6 is 0 Å². The number of nitrogens with zero attached hydrogens (tertiary/aromatic N) is 1. The van der Waals surface area contributed by atoms with Gasteiger partial charge in [0.1, 0.15) is 5.70 Å². The van der Waals surface area contributed by atoms with Gasteiger partial charge in [0.25, 0.3) is 11.8 Å². The van der Waals surface area contributed by atoms with E-state index in [2.05, 4.69) is 10.6 Å². The molecule has 1 fully saturated rings. The highest BCUT2D eigenvalue weighted by molar-refractivity contribution is 6.28. The number of urea groups is 1. The van der Waals surface area contributed by atoms with Gasteiger partial charge in [0.15, 0.2) is 18.1 Å². The first kappa shape index (κ1) is 22.6. The van der Waals surface area contributed by atoms with Crippen molar-refractivity contribution in [2.75, 3.05) is 23.9 Å². The van der Waals surface area contributed by atoms with Gasteiger partial charge in [-0.15, -0.1) is 0 Å². The van der Waals surface area contributed by atoms with Crippen molar-refractivity contribution in [1.29, 1.82) is 0 Å². The molecular weight excluding hydrogens is 434 g/mol. The van der Waals surface area contributed by atoms with E-state index in [9.17, 15) is 14.4 Å². The van der Waals surface area contributed by atoms with Crippen molar-refractivity contribution in [3.8, 4) is 11.5 Å². The van der Waals surface area contributed by atoms with Gasteiger partial charge in [-0.3, -0.25) is 9.59 Å². The number of para-hydroxylation sites is 2. The molecule has 2 N–H and O–H groups in total. The second-order valence-corrected chi connectivity index (χ2v) is 7.55. The molecule has 0 radical (unpaired) electrons. The molecule has 1 heterocycles. The Hall–Kier alpha value is -4.59. The first-order valence-electron chi connectivity index (χ1n) is 10.5. The number of anilines is 2. The zero-order chi connectivity index (χ0) is 24.1. The second-order valence-electron chi connectivity index (χ2n) is 7.55. The number of aryl methyl sites for hydroxylation is 1. The molecular formula is C26H23N3O5. The summed E-state index contributed by atoms with van der Waals surface area (Å²) in [6.07, 6.45) is 1.50. The average Bonchev–Trinajstić information content (AvgIpc) is 3.12. The van der Waals surface area contributed by atoms with Gasteiger partial charge in [-0.1, -0.05) is 48.0 Å². The highest BCUT2D eigenvalue weighted by Crippen LogP contribution is 2.33. The molecule has 3 aromatic rings. The van der Waals surface area contributed by atoms with Gasteiger partial charge in [0, 0.05) is 11.3 Å². The third-order valence-electron chi connectivity index (χ3n) is 5.10.